The van der Waals surface area contributed by atoms with Gasteiger partial charge in [0.2, 0.25) is 0 Å². The lowest BCUT2D eigenvalue weighted by Crippen LogP contribution is -2.35. The van der Waals surface area contributed by atoms with Gasteiger partial charge in [-0.05, 0) is 63.1 Å². The van der Waals surface area contributed by atoms with Gasteiger partial charge in [0.1, 0.15) is 5.84 Å². The van der Waals surface area contributed by atoms with Crippen molar-refractivity contribution in [3.8, 4) is 5.69 Å². The van der Waals surface area contributed by atoms with Crippen molar-refractivity contribution in [1.82, 2.24) is 9.47 Å². The minimum absolute atomic E-state index is 0.155. The number of aromatic nitrogens is 1. The number of halogens is 1. The van der Waals surface area contributed by atoms with Crippen LogP contribution in [-0.4, -0.2) is 26.4 Å². The number of nitrogens with one attached hydrogen (secondary N) is 1. The van der Waals surface area contributed by atoms with Crippen LogP contribution >= 0.6 is 23.4 Å². The Bertz CT molecular complexity index is 1140. The second kappa shape index (κ2) is 6.79. The van der Waals surface area contributed by atoms with E-state index in [1.165, 1.54) is 11.8 Å². The molecule has 3 heterocycles. The molecule has 0 fully saturated rings. The molecule has 0 saturated heterocycles. The largest absolute Gasteiger partial charge is 0.318 e. The second-order valence-corrected chi connectivity index (χ2v) is 8.53. The maximum absolute atomic E-state index is 12.5. The summed E-state index contributed by atoms with van der Waals surface area (Å²) in [7, 11) is 0. The Hall–Kier alpha value is -2.57. The van der Waals surface area contributed by atoms with Gasteiger partial charge in [-0.2, -0.15) is 4.99 Å². The first-order valence-electron chi connectivity index (χ1n) is 8.81. The molecule has 28 heavy (non-hydrogen) atoms. The van der Waals surface area contributed by atoms with Gasteiger partial charge in [-0.15, -0.1) is 0 Å². The summed E-state index contributed by atoms with van der Waals surface area (Å²) in [5.41, 5.74) is 5.16. The molecule has 1 aromatic heterocycles. The normalized spacial score (nSPS) is 17.9. The van der Waals surface area contributed by atoms with E-state index in [0.29, 0.717) is 10.2 Å². The molecule has 0 spiro atoms. The highest BCUT2D eigenvalue weighted by Crippen LogP contribution is 2.33. The fraction of sp³-hybridized carbons (Fsp3) is 0.190. The molecule has 0 saturated carbocycles. The maximum Gasteiger partial charge on any atom is 0.283 e. The van der Waals surface area contributed by atoms with E-state index < -0.39 is 0 Å². The fourth-order valence-corrected chi connectivity index (χ4v) is 4.40. The van der Waals surface area contributed by atoms with Crippen molar-refractivity contribution in [3.05, 3.63) is 68.5 Å². The topological polar surface area (TPSA) is 61.5 Å². The number of fused-ring (bicyclic) bond motifs is 1. The average Bonchev–Trinajstić information content (AvgIpc) is 3.13. The molecular formula is C21H19ClN4OS. The molecule has 0 atom stereocenters. The smallest absolute Gasteiger partial charge is 0.283 e. The number of carbonyl (C=O) groups excluding carboxylic acids is 1. The van der Waals surface area contributed by atoms with Crippen molar-refractivity contribution in [1.29, 1.82) is 5.41 Å². The van der Waals surface area contributed by atoms with Crippen molar-refractivity contribution in [2.45, 2.75) is 27.7 Å². The van der Waals surface area contributed by atoms with Crippen LogP contribution in [0.3, 0.4) is 0 Å². The van der Waals surface area contributed by atoms with Gasteiger partial charge in [0.25, 0.3) is 5.91 Å². The van der Waals surface area contributed by atoms with Crippen LogP contribution in [0.4, 0.5) is 0 Å². The highest BCUT2D eigenvalue weighted by molar-refractivity contribution is 8.17. The molecule has 2 aromatic rings. The molecule has 5 nitrogen and oxygen atoms in total. The predicted octanol–water partition coefficient (Wildman–Crippen LogP) is 5.22. The summed E-state index contributed by atoms with van der Waals surface area (Å²) in [5.74, 6) is -0.224. The SMILES string of the molecule is CC1=CN2C(=N)/C(=C/c3cc(C)n(-c4ccc(C)c(Cl)c4)c3C)C(=O)N=C2S1. The van der Waals surface area contributed by atoms with Crippen LogP contribution < -0.4 is 0 Å². The number of thioether (sulfide) groups is 1. The molecular weight excluding hydrogens is 392 g/mol. The predicted molar refractivity (Wildman–Crippen MR) is 116 cm³/mol. The van der Waals surface area contributed by atoms with Gasteiger partial charge in [0, 0.05) is 33.2 Å². The standard InChI is InChI=1S/C21H19ClN4OS/c1-11-5-6-16(9-18(11)22)26-12(2)7-15(14(26)4)8-17-19(23)25-10-13(3)28-21(25)24-20(17)27/h5-10,23H,1-4H3/b17-8-,23-19?. The van der Waals surface area contributed by atoms with Gasteiger partial charge in [-0.25, -0.2) is 0 Å². The van der Waals surface area contributed by atoms with E-state index in [-0.39, 0.29) is 17.3 Å². The Morgan fingerprint density at radius 3 is 2.64 bits per heavy atom. The van der Waals surface area contributed by atoms with E-state index in [0.717, 1.165) is 33.1 Å². The number of hydrogen-bond acceptors (Lipinski definition) is 3. The van der Waals surface area contributed by atoms with E-state index in [1.54, 1.807) is 11.0 Å². The van der Waals surface area contributed by atoms with Crippen LogP contribution in [0.15, 0.2) is 45.9 Å². The Kier molecular flexibility index (Phi) is 4.56. The lowest BCUT2D eigenvalue weighted by molar-refractivity contribution is -0.114. The van der Waals surface area contributed by atoms with Crippen LogP contribution in [0.2, 0.25) is 5.02 Å². The van der Waals surface area contributed by atoms with Crippen LogP contribution in [0.5, 0.6) is 0 Å². The first kappa shape index (κ1) is 18.8. The van der Waals surface area contributed by atoms with Gasteiger partial charge in [-0.3, -0.25) is 15.1 Å². The number of allylic oxidation sites excluding steroid dienone is 1. The van der Waals surface area contributed by atoms with Crippen LogP contribution in [-0.2, 0) is 4.79 Å². The zero-order valence-corrected chi connectivity index (χ0v) is 17.6. The highest BCUT2D eigenvalue weighted by Gasteiger charge is 2.33. The molecule has 142 valence electrons. The average molecular weight is 411 g/mol. The number of rotatable bonds is 2. The minimum atomic E-state index is -0.380. The number of amides is 1. The van der Waals surface area contributed by atoms with Crippen LogP contribution in [0, 0.1) is 26.2 Å². The number of aryl methyl sites for hydroxylation is 2. The Morgan fingerprint density at radius 1 is 1.18 bits per heavy atom. The summed E-state index contributed by atoms with van der Waals surface area (Å²) >= 11 is 7.71. The van der Waals surface area contributed by atoms with Crippen molar-refractivity contribution in [2.75, 3.05) is 0 Å². The lowest BCUT2D eigenvalue weighted by atomic mass is 10.1. The van der Waals surface area contributed by atoms with Gasteiger partial charge in [-0.1, -0.05) is 29.4 Å². The molecule has 1 aromatic carbocycles. The zero-order chi connectivity index (χ0) is 20.2. The molecule has 7 heteroatoms. The van der Waals surface area contributed by atoms with Crippen molar-refractivity contribution in [3.63, 3.8) is 0 Å². The monoisotopic (exact) mass is 410 g/mol. The number of carbonyl (C=O) groups is 1. The molecule has 1 N–H and O–H groups in total. The Morgan fingerprint density at radius 2 is 1.93 bits per heavy atom. The summed E-state index contributed by atoms with van der Waals surface area (Å²) in [6.07, 6.45) is 3.59. The third-order valence-electron chi connectivity index (χ3n) is 4.88. The zero-order valence-electron chi connectivity index (χ0n) is 16.0. The fourth-order valence-electron chi connectivity index (χ4n) is 3.41. The maximum atomic E-state index is 12.5. The number of benzene rings is 1. The van der Waals surface area contributed by atoms with E-state index in [1.807, 2.05) is 58.2 Å². The number of aliphatic imine (C=N–C) groups is 1. The first-order valence-corrected chi connectivity index (χ1v) is 10.0. The molecule has 0 bridgehead atoms. The quantitative estimate of drug-likeness (QED) is 0.690. The van der Waals surface area contributed by atoms with Crippen molar-refractivity contribution < 1.29 is 4.79 Å². The molecule has 2 aliphatic heterocycles. The summed E-state index contributed by atoms with van der Waals surface area (Å²) in [6, 6.07) is 7.96. The third-order valence-corrected chi connectivity index (χ3v) is 6.18. The Labute approximate surface area is 172 Å². The first-order chi connectivity index (χ1) is 13.3. The van der Waals surface area contributed by atoms with Crippen molar-refractivity contribution >= 4 is 46.3 Å². The number of nitrogens with zero attached hydrogens (tertiary/aromatic N) is 3. The molecule has 2 aliphatic rings. The molecule has 0 radical (unpaired) electrons. The number of amidine groups is 2. The van der Waals surface area contributed by atoms with E-state index in [4.69, 9.17) is 17.0 Å². The van der Waals surface area contributed by atoms with Crippen LogP contribution in [0.1, 0.15) is 29.4 Å². The highest BCUT2D eigenvalue weighted by atomic mass is 35.5. The molecule has 1 amide bonds. The van der Waals surface area contributed by atoms with Crippen molar-refractivity contribution in [2.24, 2.45) is 4.99 Å². The van der Waals surface area contributed by atoms with E-state index >= 15 is 0 Å². The molecule has 0 unspecified atom stereocenters. The lowest BCUT2D eigenvalue weighted by Gasteiger charge is -2.22. The molecule has 4 rings (SSSR count). The summed E-state index contributed by atoms with van der Waals surface area (Å²) in [4.78, 5) is 19.3. The van der Waals surface area contributed by atoms with E-state index in [9.17, 15) is 4.79 Å². The second-order valence-electron chi connectivity index (χ2n) is 6.91. The number of hydrogen-bond donors (Lipinski definition) is 1. The van der Waals surface area contributed by atoms with Gasteiger partial charge < -0.3 is 4.57 Å². The Balaban J connectivity index is 1.78. The minimum Gasteiger partial charge on any atom is -0.318 e. The van der Waals surface area contributed by atoms with Gasteiger partial charge in [0.05, 0.1) is 5.57 Å². The van der Waals surface area contributed by atoms with Gasteiger partial charge >= 0.3 is 0 Å². The van der Waals surface area contributed by atoms with Crippen LogP contribution in [0.25, 0.3) is 11.8 Å². The summed E-state index contributed by atoms with van der Waals surface area (Å²) in [5, 5.41) is 9.72. The summed E-state index contributed by atoms with van der Waals surface area (Å²) < 4.78 is 2.10. The van der Waals surface area contributed by atoms with Gasteiger partial charge in [0.15, 0.2) is 5.17 Å². The summed E-state index contributed by atoms with van der Waals surface area (Å²) in [6.45, 7) is 7.91. The molecule has 0 aliphatic carbocycles. The van der Waals surface area contributed by atoms with E-state index in [2.05, 4.69) is 9.56 Å². The third kappa shape index (κ3) is 3.02.